The van der Waals surface area contributed by atoms with Crippen LogP contribution < -0.4 is 10.4 Å². The van der Waals surface area contributed by atoms with E-state index in [0.29, 0.717) is 12.4 Å². The van der Waals surface area contributed by atoms with Gasteiger partial charge in [0.05, 0.1) is 28.9 Å². The Bertz CT molecular complexity index is 1000. The van der Waals surface area contributed by atoms with Crippen molar-refractivity contribution in [3.05, 3.63) is 34.1 Å². The molecule has 0 spiro atoms. The number of aromatic amines is 1. The van der Waals surface area contributed by atoms with Gasteiger partial charge in [-0.15, -0.1) is 0 Å². The fourth-order valence-electron chi connectivity index (χ4n) is 4.14. The van der Waals surface area contributed by atoms with Crippen molar-refractivity contribution in [3.8, 4) is 16.9 Å². The molecule has 0 saturated carbocycles. The van der Waals surface area contributed by atoms with E-state index in [0.717, 1.165) is 53.1 Å². The normalized spacial score (nSPS) is 22.5. The highest BCUT2D eigenvalue weighted by Gasteiger charge is 2.35. The van der Waals surface area contributed by atoms with Crippen LogP contribution >= 0.6 is 0 Å². The smallest absolute Gasteiger partial charge is 0.327 e. The van der Waals surface area contributed by atoms with Crippen LogP contribution in [-0.4, -0.2) is 34.0 Å². The van der Waals surface area contributed by atoms with Crippen molar-refractivity contribution in [2.45, 2.75) is 38.8 Å². The first-order valence-electron chi connectivity index (χ1n) is 8.60. The number of imidazole rings is 1. The Morgan fingerprint density at radius 2 is 2.20 bits per heavy atom. The SMILES string of the molecule is Cc1noc(C)c1-c1ccc2[nH]c(=O)n3c2c1OC[C@@H]3C1CCCO1. The van der Waals surface area contributed by atoms with E-state index < -0.39 is 0 Å². The zero-order valence-corrected chi connectivity index (χ0v) is 14.2. The van der Waals surface area contributed by atoms with Gasteiger partial charge >= 0.3 is 5.69 Å². The number of rotatable bonds is 2. The van der Waals surface area contributed by atoms with Crippen LogP contribution in [0.2, 0.25) is 0 Å². The standard InChI is InChI=1S/C18H19N3O4/c1-9-15(10(2)25-20-9)11-5-6-12-16-17(11)24-8-13(14-4-3-7-23-14)21(16)18(22)19-12/h5-6,13-14H,3-4,7-8H2,1-2H3,(H,19,22)/t13-,14?/m1/s1. The van der Waals surface area contributed by atoms with Crippen molar-refractivity contribution in [1.29, 1.82) is 0 Å². The maximum atomic E-state index is 12.6. The van der Waals surface area contributed by atoms with Crippen molar-refractivity contribution < 1.29 is 14.0 Å². The Morgan fingerprint density at radius 1 is 1.32 bits per heavy atom. The van der Waals surface area contributed by atoms with Crippen molar-refractivity contribution in [2.24, 2.45) is 0 Å². The predicted octanol–water partition coefficient (Wildman–Crippen LogP) is 2.71. The van der Waals surface area contributed by atoms with Gasteiger partial charge in [0.15, 0.2) is 5.75 Å². The number of H-pyrrole nitrogens is 1. The summed E-state index contributed by atoms with van der Waals surface area (Å²) in [7, 11) is 0. The summed E-state index contributed by atoms with van der Waals surface area (Å²) in [4.78, 5) is 15.6. The summed E-state index contributed by atoms with van der Waals surface area (Å²) in [6, 6.07) is 3.77. The first-order chi connectivity index (χ1) is 12.1. The average Bonchev–Trinajstić information content (AvgIpc) is 3.31. The highest BCUT2D eigenvalue weighted by molar-refractivity contribution is 5.92. The van der Waals surface area contributed by atoms with Gasteiger partial charge in [0.2, 0.25) is 0 Å². The van der Waals surface area contributed by atoms with Crippen LogP contribution in [0.3, 0.4) is 0 Å². The first kappa shape index (κ1) is 14.8. The van der Waals surface area contributed by atoms with Gasteiger partial charge in [0, 0.05) is 12.2 Å². The number of hydrogen-bond acceptors (Lipinski definition) is 5. The molecule has 1 aromatic carbocycles. The second kappa shape index (κ2) is 5.23. The van der Waals surface area contributed by atoms with Crippen molar-refractivity contribution in [1.82, 2.24) is 14.7 Å². The largest absolute Gasteiger partial charge is 0.488 e. The highest BCUT2D eigenvalue weighted by atomic mass is 16.5. The van der Waals surface area contributed by atoms with E-state index >= 15 is 0 Å². The quantitative estimate of drug-likeness (QED) is 0.775. The monoisotopic (exact) mass is 341 g/mol. The minimum atomic E-state index is -0.115. The van der Waals surface area contributed by atoms with E-state index in [9.17, 15) is 4.79 Å². The van der Waals surface area contributed by atoms with E-state index in [4.69, 9.17) is 14.0 Å². The molecular formula is C18H19N3O4. The van der Waals surface area contributed by atoms with Crippen LogP contribution in [0.25, 0.3) is 22.2 Å². The molecule has 1 fully saturated rings. The number of nitrogens with one attached hydrogen (secondary N) is 1. The number of benzene rings is 1. The number of ether oxygens (including phenoxy) is 2. The Kier molecular flexibility index (Phi) is 3.09. The van der Waals surface area contributed by atoms with Crippen LogP contribution in [-0.2, 0) is 4.74 Å². The average molecular weight is 341 g/mol. The van der Waals surface area contributed by atoms with Gasteiger partial charge in [-0.05, 0) is 38.8 Å². The Balaban J connectivity index is 1.77. The second-order valence-corrected chi connectivity index (χ2v) is 6.77. The summed E-state index contributed by atoms with van der Waals surface area (Å²) in [5.74, 6) is 1.45. The van der Waals surface area contributed by atoms with Crippen LogP contribution in [0, 0.1) is 13.8 Å². The van der Waals surface area contributed by atoms with Gasteiger partial charge in [-0.2, -0.15) is 0 Å². The van der Waals surface area contributed by atoms with Crippen molar-refractivity contribution in [3.63, 3.8) is 0 Å². The molecule has 7 nitrogen and oxygen atoms in total. The lowest BCUT2D eigenvalue weighted by Gasteiger charge is -2.29. The zero-order chi connectivity index (χ0) is 17.1. The topological polar surface area (TPSA) is 82.3 Å². The van der Waals surface area contributed by atoms with Gasteiger partial charge in [0.1, 0.15) is 17.9 Å². The molecule has 1 unspecified atom stereocenters. The molecule has 7 heteroatoms. The van der Waals surface area contributed by atoms with Crippen LogP contribution in [0.1, 0.15) is 30.3 Å². The molecule has 0 bridgehead atoms. The summed E-state index contributed by atoms with van der Waals surface area (Å²) in [5.41, 5.74) is 4.10. The molecule has 1 N–H and O–H groups in total. The third-order valence-electron chi connectivity index (χ3n) is 5.26. The first-order valence-corrected chi connectivity index (χ1v) is 8.60. The van der Waals surface area contributed by atoms with Crippen LogP contribution in [0.15, 0.2) is 21.5 Å². The summed E-state index contributed by atoms with van der Waals surface area (Å²) in [6.07, 6.45) is 1.99. The summed E-state index contributed by atoms with van der Waals surface area (Å²) in [6.45, 7) is 4.96. The van der Waals surface area contributed by atoms with Gasteiger partial charge in [0.25, 0.3) is 0 Å². The van der Waals surface area contributed by atoms with Crippen LogP contribution in [0.4, 0.5) is 0 Å². The zero-order valence-electron chi connectivity index (χ0n) is 14.2. The summed E-state index contributed by atoms with van der Waals surface area (Å²) < 4.78 is 19.1. The lowest BCUT2D eigenvalue weighted by Crippen LogP contribution is -2.37. The molecule has 2 atom stereocenters. The molecule has 2 aliphatic heterocycles. The molecule has 2 aromatic heterocycles. The van der Waals surface area contributed by atoms with E-state index in [2.05, 4.69) is 10.1 Å². The minimum Gasteiger partial charge on any atom is -0.488 e. The third kappa shape index (κ3) is 2.02. The van der Waals surface area contributed by atoms with E-state index in [1.165, 1.54) is 0 Å². The van der Waals surface area contributed by atoms with Gasteiger partial charge in [-0.25, -0.2) is 4.79 Å². The molecule has 3 aromatic rings. The molecule has 5 rings (SSSR count). The Hall–Kier alpha value is -2.54. The number of aryl methyl sites for hydroxylation is 2. The Morgan fingerprint density at radius 3 is 2.92 bits per heavy atom. The Labute approximate surface area is 143 Å². The van der Waals surface area contributed by atoms with E-state index in [1.54, 1.807) is 0 Å². The molecule has 0 amide bonds. The number of aromatic nitrogens is 3. The molecule has 4 heterocycles. The van der Waals surface area contributed by atoms with Crippen molar-refractivity contribution >= 4 is 11.0 Å². The third-order valence-corrected chi connectivity index (χ3v) is 5.26. The van der Waals surface area contributed by atoms with Crippen LogP contribution in [0.5, 0.6) is 5.75 Å². The van der Waals surface area contributed by atoms with Crippen molar-refractivity contribution in [2.75, 3.05) is 13.2 Å². The lowest BCUT2D eigenvalue weighted by atomic mass is 10.0. The lowest BCUT2D eigenvalue weighted by molar-refractivity contribution is 0.0429. The minimum absolute atomic E-state index is 0.0209. The maximum absolute atomic E-state index is 12.6. The second-order valence-electron chi connectivity index (χ2n) is 6.77. The van der Waals surface area contributed by atoms with E-state index in [-0.39, 0.29) is 17.8 Å². The fraction of sp³-hybridized carbons (Fsp3) is 0.444. The molecule has 130 valence electrons. The van der Waals surface area contributed by atoms with Gasteiger partial charge in [-0.1, -0.05) is 5.16 Å². The molecular weight excluding hydrogens is 322 g/mol. The van der Waals surface area contributed by atoms with Gasteiger partial charge < -0.3 is 19.0 Å². The summed E-state index contributed by atoms with van der Waals surface area (Å²) in [5, 5.41) is 4.04. The number of hydrogen-bond donors (Lipinski definition) is 1. The van der Waals surface area contributed by atoms with Gasteiger partial charge in [-0.3, -0.25) is 4.57 Å². The molecule has 0 aliphatic carbocycles. The molecule has 1 saturated heterocycles. The predicted molar refractivity (Wildman–Crippen MR) is 91.0 cm³/mol. The fourth-order valence-corrected chi connectivity index (χ4v) is 4.14. The highest BCUT2D eigenvalue weighted by Crippen LogP contribution is 2.43. The summed E-state index contributed by atoms with van der Waals surface area (Å²) >= 11 is 0. The molecule has 25 heavy (non-hydrogen) atoms. The maximum Gasteiger partial charge on any atom is 0.327 e. The molecule has 0 radical (unpaired) electrons. The molecule has 2 aliphatic rings. The van der Waals surface area contributed by atoms with E-state index in [1.807, 2.05) is 30.5 Å². The number of nitrogens with zero attached hydrogens (tertiary/aromatic N) is 2.